The van der Waals surface area contributed by atoms with Gasteiger partial charge in [0.1, 0.15) is 0 Å². The van der Waals surface area contributed by atoms with Gasteiger partial charge in [-0.1, -0.05) is 45.2 Å². The normalized spacial score (nSPS) is 25.0. The summed E-state index contributed by atoms with van der Waals surface area (Å²) in [4.78, 5) is 14.0. The van der Waals surface area contributed by atoms with Gasteiger partial charge in [-0.05, 0) is 86.4 Å². The second-order valence-corrected chi connectivity index (χ2v) is 10.8. The van der Waals surface area contributed by atoms with E-state index in [0.717, 1.165) is 44.3 Å². The minimum atomic E-state index is -4.35. The van der Waals surface area contributed by atoms with Crippen LogP contribution in [0.1, 0.15) is 95.1 Å². The summed E-state index contributed by atoms with van der Waals surface area (Å²) < 4.78 is 39.4. The lowest BCUT2D eigenvalue weighted by Crippen LogP contribution is -2.46. The van der Waals surface area contributed by atoms with Gasteiger partial charge in [0.25, 0.3) is 0 Å². The molecule has 0 aromatic heterocycles. The average Bonchev–Trinajstić information content (AvgIpc) is 2.76. The summed E-state index contributed by atoms with van der Waals surface area (Å²) in [7, 11) is 0. The van der Waals surface area contributed by atoms with E-state index < -0.39 is 17.7 Å². The topological polar surface area (TPSA) is 40.5 Å². The second kappa shape index (κ2) is 11.7. The van der Waals surface area contributed by atoms with E-state index in [1.54, 1.807) is 12.1 Å². The fourth-order valence-electron chi connectivity index (χ4n) is 5.91. The first-order chi connectivity index (χ1) is 15.6. The van der Waals surface area contributed by atoms with Crippen LogP contribution in [0.2, 0.25) is 0 Å². The van der Waals surface area contributed by atoms with Crippen LogP contribution in [0.3, 0.4) is 0 Å². The average molecular weight is 468 g/mol. The molecular weight excluding hydrogens is 427 g/mol. The third-order valence-electron chi connectivity index (χ3n) is 7.73. The van der Waals surface area contributed by atoms with E-state index in [0.29, 0.717) is 11.8 Å². The molecule has 3 rings (SSSR count). The number of hydrogen-bond donors (Lipinski definition) is 1. The first-order valence-electron chi connectivity index (χ1n) is 12.8. The summed E-state index contributed by atoms with van der Waals surface area (Å²) in [6.07, 6.45) is 5.82. The number of carboxylic acids is 1. The lowest BCUT2D eigenvalue weighted by atomic mass is 9.72. The molecule has 1 N–H and O–H groups in total. The summed E-state index contributed by atoms with van der Waals surface area (Å²) in [5.74, 6) is 0.639. The molecule has 2 aliphatic carbocycles. The zero-order valence-corrected chi connectivity index (χ0v) is 20.1. The molecule has 0 radical (unpaired) electrons. The Morgan fingerprint density at radius 1 is 1.03 bits per heavy atom. The van der Waals surface area contributed by atoms with Gasteiger partial charge in [-0.15, -0.1) is 0 Å². The van der Waals surface area contributed by atoms with E-state index in [1.165, 1.54) is 44.2 Å². The number of rotatable bonds is 9. The van der Waals surface area contributed by atoms with Crippen molar-refractivity contribution < 1.29 is 23.1 Å². The van der Waals surface area contributed by atoms with E-state index in [1.807, 2.05) is 0 Å². The lowest BCUT2D eigenvalue weighted by molar-refractivity contribution is -0.139. The molecule has 3 atom stereocenters. The van der Waals surface area contributed by atoms with Crippen LogP contribution in [0.15, 0.2) is 24.3 Å². The molecule has 0 saturated heterocycles. The summed E-state index contributed by atoms with van der Waals surface area (Å²) in [5, 5.41) is 9.35. The zero-order chi connectivity index (χ0) is 24.0. The highest BCUT2D eigenvalue weighted by atomic mass is 19.4. The van der Waals surface area contributed by atoms with Gasteiger partial charge in [0.05, 0.1) is 5.56 Å². The number of halogens is 3. The standard InChI is InChI=1S/C27H40F3NO2/c1-19(2)14-15-31(18-20-6-4-3-5-7-20)25-13-8-21(17-26(32)33)16-24(25)22-9-11-23(12-10-22)27(28,29)30/h9-12,19-21,24-25H,3-8,13-18H2,1-2H3,(H,32,33). The van der Waals surface area contributed by atoms with Crippen LogP contribution in [-0.4, -0.2) is 35.1 Å². The summed E-state index contributed by atoms with van der Waals surface area (Å²) >= 11 is 0. The van der Waals surface area contributed by atoms with E-state index >= 15 is 0 Å². The molecule has 3 nitrogen and oxygen atoms in total. The van der Waals surface area contributed by atoms with Crippen molar-refractivity contribution in [3.63, 3.8) is 0 Å². The first kappa shape index (κ1) is 26.1. The Labute approximate surface area is 196 Å². The molecule has 2 aliphatic rings. The number of carbonyl (C=O) groups is 1. The Bertz CT molecular complexity index is 741. The van der Waals surface area contributed by atoms with E-state index in [2.05, 4.69) is 18.7 Å². The van der Waals surface area contributed by atoms with Gasteiger partial charge >= 0.3 is 12.1 Å². The van der Waals surface area contributed by atoms with Gasteiger partial charge < -0.3 is 5.11 Å². The van der Waals surface area contributed by atoms with Crippen molar-refractivity contribution in [1.82, 2.24) is 4.90 Å². The van der Waals surface area contributed by atoms with Crippen molar-refractivity contribution in [2.75, 3.05) is 13.1 Å². The Morgan fingerprint density at radius 2 is 1.70 bits per heavy atom. The molecule has 6 heteroatoms. The third kappa shape index (κ3) is 7.73. The fraction of sp³-hybridized carbons (Fsp3) is 0.741. The van der Waals surface area contributed by atoms with Gasteiger partial charge in [-0.2, -0.15) is 13.2 Å². The van der Waals surface area contributed by atoms with Crippen LogP contribution in [0, 0.1) is 17.8 Å². The lowest BCUT2D eigenvalue weighted by Gasteiger charge is -2.44. The van der Waals surface area contributed by atoms with Crippen molar-refractivity contribution in [2.24, 2.45) is 17.8 Å². The van der Waals surface area contributed by atoms with Crippen LogP contribution in [-0.2, 0) is 11.0 Å². The molecule has 1 aromatic carbocycles. The van der Waals surface area contributed by atoms with Crippen molar-refractivity contribution in [2.45, 2.75) is 96.2 Å². The van der Waals surface area contributed by atoms with Crippen molar-refractivity contribution >= 4 is 5.97 Å². The van der Waals surface area contributed by atoms with Crippen LogP contribution < -0.4 is 0 Å². The summed E-state index contributed by atoms with van der Waals surface area (Å²) in [6, 6.07) is 5.89. The Balaban J connectivity index is 1.85. The number of nitrogens with zero attached hydrogens (tertiary/aromatic N) is 1. The minimum absolute atomic E-state index is 0.0705. The number of alkyl halides is 3. The highest BCUT2D eigenvalue weighted by Gasteiger charge is 2.37. The molecule has 33 heavy (non-hydrogen) atoms. The summed E-state index contributed by atoms with van der Waals surface area (Å²) in [5.41, 5.74) is 0.292. The molecule has 0 spiro atoms. The number of hydrogen-bond acceptors (Lipinski definition) is 2. The largest absolute Gasteiger partial charge is 0.481 e. The Morgan fingerprint density at radius 3 is 2.27 bits per heavy atom. The zero-order valence-electron chi connectivity index (χ0n) is 20.1. The maximum atomic E-state index is 13.1. The Kier molecular flexibility index (Phi) is 9.25. The molecule has 0 heterocycles. The fourth-order valence-corrected chi connectivity index (χ4v) is 5.91. The summed E-state index contributed by atoms with van der Waals surface area (Å²) in [6.45, 7) is 6.52. The molecule has 186 valence electrons. The minimum Gasteiger partial charge on any atom is -0.481 e. The van der Waals surface area contributed by atoms with Crippen LogP contribution in [0.25, 0.3) is 0 Å². The molecule has 0 aliphatic heterocycles. The molecule has 0 amide bonds. The van der Waals surface area contributed by atoms with Crippen LogP contribution in [0.5, 0.6) is 0 Å². The van der Waals surface area contributed by atoms with E-state index in [9.17, 15) is 23.1 Å². The second-order valence-electron chi connectivity index (χ2n) is 10.8. The van der Waals surface area contributed by atoms with E-state index in [4.69, 9.17) is 0 Å². The van der Waals surface area contributed by atoms with Crippen LogP contribution >= 0.6 is 0 Å². The quantitative estimate of drug-likeness (QED) is 0.412. The molecule has 2 fully saturated rings. The smallest absolute Gasteiger partial charge is 0.416 e. The highest BCUT2D eigenvalue weighted by molar-refractivity contribution is 5.67. The predicted octanol–water partition coefficient (Wildman–Crippen LogP) is 7.36. The molecular formula is C27H40F3NO2. The maximum absolute atomic E-state index is 13.1. The Hall–Kier alpha value is -1.56. The molecule has 3 unspecified atom stereocenters. The van der Waals surface area contributed by atoms with Gasteiger partial charge in [0, 0.05) is 19.0 Å². The van der Waals surface area contributed by atoms with Crippen molar-refractivity contribution in [3.05, 3.63) is 35.4 Å². The monoisotopic (exact) mass is 467 g/mol. The van der Waals surface area contributed by atoms with Gasteiger partial charge in [0.2, 0.25) is 0 Å². The highest BCUT2D eigenvalue weighted by Crippen LogP contribution is 2.42. The van der Waals surface area contributed by atoms with E-state index in [-0.39, 0.29) is 24.3 Å². The third-order valence-corrected chi connectivity index (χ3v) is 7.73. The van der Waals surface area contributed by atoms with Gasteiger partial charge in [0.15, 0.2) is 0 Å². The SMILES string of the molecule is CC(C)CCN(CC1CCCCC1)C1CCC(CC(=O)O)CC1c1ccc(C(F)(F)F)cc1. The first-order valence-corrected chi connectivity index (χ1v) is 12.8. The number of aliphatic carboxylic acids is 1. The molecule has 0 bridgehead atoms. The predicted molar refractivity (Wildman–Crippen MR) is 125 cm³/mol. The van der Waals surface area contributed by atoms with Crippen molar-refractivity contribution in [3.8, 4) is 0 Å². The molecule has 1 aromatic rings. The van der Waals surface area contributed by atoms with Crippen LogP contribution in [0.4, 0.5) is 13.2 Å². The number of benzene rings is 1. The molecule has 2 saturated carbocycles. The van der Waals surface area contributed by atoms with Crippen molar-refractivity contribution in [1.29, 1.82) is 0 Å². The maximum Gasteiger partial charge on any atom is 0.416 e. The number of carboxylic acid groups (broad SMARTS) is 1. The van der Waals surface area contributed by atoms with Gasteiger partial charge in [-0.25, -0.2) is 0 Å². The van der Waals surface area contributed by atoms with Gasteiger partial charge in [-0.3, -0.25) is 9.69 Å².